The van der Waals surface area contributed by atoms with Gasteiger partial charge in [-0.3, -0.25) is 4.79 Å². The lowest BCUT2D eigenvalue weighted by Gasteiger charge is -2.17. The first kappa shape index (κ1) is 19.9. The second kappa shape index (κ2) is 9.35. The molecule has 2 aromatic rings. The Labute approximate surface area is 156 Å². The van der Waals surface area contributed by atoms with Gasteiger partial charge in [0, 0.05) is 11.0 Å². The van der Waals surface area contributed by atoms with Crippen molar-refractivity contribution >= 4 is 17.7 Å². The fourth-order valence-corrected chi connectivity index (χ4v) is 3.78. The summed E-state index contributed by atoms with van der Waals surface area (Å²) in [6.07, 6.45) is 0.679. The van der Waals surface area contributed by atoms with Crippen molar-refractivity contribution in [3.63, 3.8) is 0 Å². The summed E-state index contributed by atoms with van der Waals surface area (Å²) in [6, 6.07) is 12.5. The summed E-state index contributed by atoms with van der Waals surface area (Å²) < 4.78 is 26.7. The summed E-state index contributed by atoms with van der Waals surface area (Å²) in [4.78, 5) is 13.1. The fourth-order valence-electron chi connectivity index (χ4n) is 2.49. The van der Waals surface area contributed by atoms with Gasteiger partial charge in [0.15, 0.2) is 0 Å². The van der Waals surface area contributed by atoms with E-state index in [9.17, 15) is 13.6 Å². The van der Waals surface area contributed by atoms with Crippen LogP contribution in [0.25, 0.3) is 11.1 Å². The van der Waals surface area contributed by atoms with Crippen molar-refractivity contribution in [1.29, 1.82) is 5.26 Å². The Bertz CT molecular complexity index is 780. The van der Waals surface area contributed by atoms with Gasteiger partial charge in [-0.25, -0.2) is 8.78 Å². The van der Waals surface area contributed by atoms with Crippen LogP contribution in [0, 0.1) is 28.9 Å². The van der Waals surface area contributed by atoms with Crippen molar-refractivity contribution in [2.45, 2.75) is 30.4 Å². The molecule has 26 heavy (non-hydrogen) atoms. The molecule has 1 unspecified atom stereocenters. The third kappa shape index (κ3) is 5.85. The Morgan fingerprint density at radius 2 is 1.73 bits per heavy atom. The molecule has 1 N–H and O–H groups in total. The maximum Gasteiger partial charge on any atom is 0.234 e. The number of thioether (sulfide) groups is 1. The number of hydrogen-bond acceptors (Lipinski definition) is 3. The number of carbonyl (C=O) groups is 1. The number of amides is 1. The average molecular weight is 374 g/mol. The number of rotatable bonds is 7. The molecule has 0 fully saturated rings. The molecule has 0 saturated heterocycles. The number of nitrogens with one attached hydrogen (secondary N) is 1. The van der Waals surface area contributed by atoms with E-state index in [1.54, 1.807) is 12.1 Å². The van der Waals surface area contributed by atoms with Gasteiger partial charge in [0.2, 0.25) is 5.91 Å². The maximum absolute atomic E-state index is 13.4. The third-order valence-electron chi connectivity index (χ3n) is 3.65. The molecule has 1 amide bonds. The lowest BCUT2D eigenvalue weighted by atomic mass is 10.1. The molecule has 0 bridgehead atoms. The van der Waals surface area contributed by atoms with Crippen molar-refractivity contribution < 1.29 is 13.6 Å². The molecular formula is C20H20F2N2OS. The Hall–Kier alpha value is -2.39. The zero-order valence-electron chi connectivity index (χ0n) is 14.6. The van der Waals surface area contributed by atoms with Gasteiger partial charge in [-0.05, 0) is 47.7 Å². The van der Waals surface area contributed by atoms with Crippen LogP contribution in [-0.2, 0) is 4.79 Å². The molecule has 0 aliphatic heterocycles. The molecular weight excluding hydrogens is 354 g/mol. The minimum Gasteiger partial charge on any atom is -0.342 e. The molecule has 0 radical (unpaired) electrons. The van der Waals surface area contributed by atoms with E-state index in [0.29, 0.717) is 23.5 Å². The van der Waals surface area contributed by atoms with Crippen LogP contribution in [0.5, 0.6) is 0 Å². The van der Waals surface area contributed by atoms with Crippen molar-refractivity contribution in [3.8, 4) is 17.2 Å². The minimum absolute atomic E-state index is 0.0158. The van der Waals surface area contributed by atoms with Gasteiger partial charge in [0.1, 0.15) is 18.2 Å². The number of benzene rings is 2. The molecule has 0 saturated carbocycles. The predicted octanol–water partition coefficient (Wildman–Crippen LogP) is 4.78. The number of nitrogens with zero attached hydrogens (tertiary/aromatic N) is 1. The quantitative estimate of drug-likeness (QED) is 0.561. The molecule has 2 aromatic carbocycles. The van der Waals surface area contributed by atoms with Crippen molar-refractivity contribution in [2.75, 3.05) is 6.54 Å². The van der Waals surface area contributed by atoms with Gasteiger partial charge in [0.25, 0.3) is 0 Å². The summed E-state index contributed by atoms with van der Waals surface area (Å²) in [7, 11) is 0. The highest BCUT2D eigenvalue weighted by atomic mass is 32.2. The van der Waals surface area contributed by atoms with Crippen LogP contribution in [0.4, 0.5) is 8.78 Å². The van der Waals surface area contributed by atoms with Gasteiger partial charge in [0.05, 0.1) is 11.3 Å². The molecule has 0 aliphatic carbocycles. The molecule has 3 nitrogen and oxygen atoms in total. The topological polar surface area (TPSA) is 52.9 Å². The van der Waals surface area contributed by atoms with E-state index in [1.165, 1.54) is 23.9 Å². The maximum atomic E-state index is 13.4. The largest absolute Gasteiger partial charge is 0.342 e. The molecule has 0 aliphatic rings. The van der Waals surface area contributed by atoms with E-state index in [2.05, 4.69) is 5.32 Å². The highest BCUT2D eigenvalue weighted by molar-refractivity contribution is 8.00. The van der Waals surface area contributed by atoms with E-state index >= 15 is 0 Å². The second-order valence-electron chi connectivity index (χ2n) is 6.29. The smallest absolute Gasteiger partial charge is 0.234 e. The zero-order valence-corrected chi connectivity index (χ0v) is 15.4. The van der Waals surface area contributed by atoms with Gasteiger partial charge in [-0.1, -0.05) is 26.0 Å². The van der Waals surface area contributed by atoms with Crippen LogP contribution in [0.1, 0.15) is 20.3 Å². The molecule has 6 heteroatoms. The summed E-state index contributed by atoms with van der Waals surface area (Å²) in [5.41, 5.74) is 1.16. The summed E-state index contributed by atoms with van der Waals surface area (Å²) >= 11 is 1.42. The standard InChI is InChI=1S/C20H20F2N2OS/c1-13(2)9-19(20(25)24-8-7-23)26-18-5-3-14(4-6-18)15-10-16(21)12-17(22)11-15/h3-6,10-13,19H,8-9H2,1-2H3,(H,24,25). The first-order valence-corrected chi connectivity index (χ1v) is 9.15. The lowest BCUT2D eigenvalue weighted by molar-refractivity contribution is -0.120. The summed E-state index contributed by atoms with van der Waals surface area (Å²) in [5.74, 6) is -1.08. The first-order valence-electron chi connectivity index (χ1n) is 8.27. The van der Waals surface area contributed by atoms with Crippen LogP contribution in [-0.4, -0.2) is 17.7 Å². The number of halogens is 2. The Kier molecular flexibility index (Phi) is 7.16. The molecule has 2 rings (SSSR count). The minimum atomic E-state index is -0.621. The summed E-state index contributed by atoms with van der Waals surface area (Å²) in [6.45, 7) is 4.05. The van der Waals surface area contributed by atoms with Gasteiger partial charge < -0.3 is 5.32 Å². The first-order chi connectivity index (χ1) is 12.4. The Balaban J connectivity index is 2.14. The highest BCUT2D eigenvalue weighted by Crippen LogP contribution is 2.30. The van der Waals surface area contributed by atoms with Crippen LogP contribution in [0.15, 0.2) is 47.4 Å². The summed E-state index contributed by atoms with van der Waals surface area (Å²) in [5, 5.41) is 10.9. The molecule has 136 valence electrons. The van der Waals surface area contributed by atoms with Crippen LogP contribution in [0.2, 0.25) is 0 Å². The Morgan fingerprint density at radius 1 is 1.12 bits per heavy atom. The number of carbonyl (C=O) groups excluding carboxylic acids is 1. The predicted molar refractivity (Wildman–Crippen MR) is 99.5 cm³/mol. The van der Waals surface area contributed by atoms with E-state index in [1.807, 2.05) is 32.0 Å². The van der Waals surface area contributed by atoms with E-state index in [-0.39, 0.29) is 17.7 Å². The van der Waals surface area contributed by atoms with Gasteiger partial charge >= 0.3 is 0 Å². The van der Waals surface area contributed by atoms with E-state index in [4.69, 9.17) is 5.26 Å². The van der Waals surface area contributed by atoms with Gasteiger partial charge in [-0.2, -0.15) is 5.26 Å². The highest BCUT2D eigenvalue weighted by Gasteiger charge is 2.21. The van der Waals surface area contributed by atoms with Crippen LogP contribution >= 0.6 is 11.8 Å². The molecule has 1 atom stereocenters. The SMILES string of the molecule is CC(C)CC(Sc1ccc(-c2cc(F)cc(F)c2)cc1)C(=O)NCC#N. The zero-order chi connectivity index (χ0) is 19.1. The molecule has 0 aromatic heterocycles. The van der Waals surface area contributed by atoms with Crippen LogP contribution < -0.4 is 5.32 Å². The molecule has 0 spiro atoms. The third-order valence-corrected chi connectivity index (χ3v) is 4.88. The van der Waals surface area contributed by atoms with E-state index < -0.39 is 11.6 Å². The lowest BCUT2D eigenvalue weighted by Crippen LogP contribution is -2.33. The second-order valence-corrected chi connectivity index (χ2v) is 7.57. The fraction of sp³-hybridized carbons (Fsp3) is 0.300. The molecule has 0 heterocycles. The van der Waals surface area contributed by atoms with Crippen molar-refractivity contribution in [2.24, 2.45) is 5.92 Å². The monoisotopic (exact) mass is 374 g/mol. The Morgan fingerprint density at radius 3 is 2.27 bits per heavy atom. The van der Waals surface area contributed by atoms with Crippen molar-refractivity contribution in [3.05, 3.63) is 54.1 Å². The normalized spacial score (nSPS) is 11.8. The van der Waals surface area contributed by atoms with E-state index in [0.717, 1.165) is 11.0 Å². The number of hydrogen-bond donors (Lipinski definition) is 1. The van der Waals surface area contributed by atoms with Gasteiger partial charge in [-0.15, -0.1) is 11.8 Å². The number of nitriles is 1. The van der Waals surface area contributed by atoms with Crippen molar-refractivity contribution in [1.82, 2.24) is 5.32 Å². The average Bonchev–Trinajstić information content (AvgIpc) is 2.58. The van der Waals surface area contributed by atoms with Crippen LogP contribution in [0.3, 0.4) is 0 Å².